The van der Waals surface area contributed by atoms with Crippen molar-refractivity contribution >= 4 is 23.0 Å². The number of carbonyl (C=O) groups excluding carboxylic acids is 1. The zero-order chi connectivity index (χ0) is 18.7. The number of non-ortho nitro benzene ring substituents is 1. The number of hydrogen-bond donors (Lipinski definition) is 3. The van der Waals surface area contributed by atoms with Crippen LogP contribution in [0.15, 0.2) is 58.9 Å². The highest BCUT2D eigenvalue weighted by atomic mass is 16.6. The number of hydrogen-bond acceptors (Lipinski definition) is 5. The topological polar surface area (TPSA) is 121 Å². The fourth-order valence-electron chi connectivity index (χ4n) is 3.87. The summed E-state index contributed by atoms with van der Waals surface area (Å²) in [6.07, 6.45) is 0. The quantitative estimate of drug-likeness (QED) is 0.479. The predicted octanol–water partition coefficient (Wildman–Crippen LogP) is 2.78. The summed E-state index contributed by atoms with van der Waals surface area (Å²) in [5.41, 5.74) is 2.74. The van der Waals surface area contributed by atoms with Gasteiger partial charge in [0.2, 0.25) is 0 Å². The van der Waals surface area contributed by atoms with E-state index in [2.05, 4.69) is 15.5 Å². The second kappa shape index (κ2) is 5.28. The first-order valence-corrected chi connectivity index (χ1v) is 8.26. The van der Waals surface area contributed by atoms with Crippen molar-refractivity contribution in [3.05, 3.63) is 96.8 Å². The number of Topliss-reactive ketones (excluding diaryl/α,β-unsaturated/α-hetero) is 1. The Morgan fingerprint density at radius 2 is 1.74 bits per heavy atom. The van der Waals surface area contributed by atoms with Gasteiger partial charge < -0.3 is 5.32 Å². The molecule has 0 saturated heterocycles. The molecule has 0 fully saturated rings. The summed E-state index contributed by atoms with van der Waals surface area (Å²) in [4.78, 5) is 36.3. The molecule has 0 unspecified atom stereocenters. The summed E-state index contributed by atoms with van der Waals surface area (Å²) in [6, 6.07) is 13.2. The van der Waals surface area contributed by atoms with Gasteiger partial charge in [0.25, 0.3) is 11.2 Å². The zero-order valence-corrected chi connectivity index (χ0v) is 13.8. The van der Waals surface area contributed by atoms with Crippen molar-refractivity contribution in [1.29, 1.82) is 0 Å². The Kier molecular flexibility index (Phi) is 3.00. The van der Waals surface area contributed by atoms with Crippen molar-refractivity contribution in [3.63, 3.8) is 0 Å². The highest BCUT2D eigenvalue weighted by Gasteiger charge is 2.42. The maximum absolute atomic E-state index is 13.1. The van der Waals surface area contributed by atoms with Crippen LogP contribution >= 0.6 is 0 Å². The van der Waals surface area contributed by atoms with Crippen LogP contribution in [-0.4, -0.2) is 20.9 Å². The summed E-state index contributed by atoms with van der Waals surface area (Å²) < 4.78 is 0. The lowest BCUT2D eigenvalue weighted by molar-refractivity contribution is -0.384. The Morgan fingerprint density at radius 3 is 2.52 bits per heavy atom. The van der Waals surface area contributed by atoms with E-state index in [0.29, 0.717) is 33.8 Å². The first-order chi connectivity index (χ1) is 13.1. The lowest BCUT2D eigenvalue weighted by Gasteiger charge is -2.25. The van der Waals surface area contributed by atoms with Gasteiger partial charge in [0.15, 0.2) is 5.78 Å². The second-order valence-electron chi connectivity index (χ2n) is 6.44. The number of ketones is 1. The maximum Gasteiger partial charge on any atom is 0.270 e. The van der Waals surface area contributed by atoms with Crippen LogP contribution in [-0.2, 0) is 0 Å². The Balaban J connectivity index is 1.79. The standard InChI is InChI=1S/C19H12N4O4/c24-17-12-7-2-1-6-11(12)16-14(17)13(15-18(20-16)21-22-19(15)25)9-4-3-5-10(8-9)23(26)27/h1-8,13H,(H3,20,21,22,25)/t13-/m0/s1. The van der Waals surface area contributed by atoms with Gasteiger partial charge in [-0.2, -0.15) is 0 Å². The van der Waals surface area contributed by atoms with Crippen molar-refractivity contribution in [2.24, 2.45) is 0 Å². The Hall–Kier alpha value is -3.94. The molecule has 0 bridgehead atoms. The fourth-order valence-corrected chi connectivity index (χ4v) is 3.87. The summed E-state index contributed by atoms with van der Waals surface area (Å²) in [5, 5.41) is 19.7. The van der Waals surface area contributed by atoms with Crippen molar-refractivity contribution < 1.29 is 9.72 Å². The minimum absolute atomic E-state index is 0.0929. The highest BCUT2D eigenvalue weighted by molar-refractivity contribution is 6.23. The van der Waals surface area contributed by atoms with Crippen LogP contribution in [0.4, 0.5) is 11.5 Å². The van der Waals surface area contributed by atoms with Crippen molar-refractivity contribution in [3.8, 4) is 0 Å². The normalized spacial score (nSPS) is 17.2. The van der Waals surface area contributed by atoms with Crippen LogP contribution in [0, 0.1) is 10.1 Å². The molecule has 2 heterocycles. The Morgan fingerprint density at radius 1 is 0.963 bits per heavy atom. The number of aromatic nitrogens is 2. The van der Waals surface area contributed by atoms with Crippen molar-refractivity contribution in [2.45, 2.75) is 5.92 Å². The lowest BCUT2D eigenvalue weighted by Crippen LogP contribution is -2.23. The number of nitro groups is 1. The minimum Gasteiger partial charge on any atom is -0.339 e. The maximum atomic E-state index is 13.1. The molecule has 132 valence electrons. The molecule has 3 aromatic rings. The molecule has 2 aliphatic rings. The van der Waals surface area contributed by atoms with Gasteiger partial charge in [0.1, 0.15) is 5.82 Å². The van der Waals surface area contributed by atoms with Crippen molar-refractivity contribution in [1.82, 2.24) is 10.2 Å². The third kappa shape index (κ3) is 2.03. The first-order valence-electron chi connectivity index (χ1n) is 8.26. The molecule has 27 heavy (non-hydrogen) atoms. The van der Waals surface area contributed by atoms with E-state index in [0.717, 1.165) is 5.56 Å². The molecule has 8 heteroatoms. The molecule has 1 atom stereocenters. The van der Waals surface area contributed by atoms with E-state index in [1.165, 1.54) is 12.1 Å². The molecule has 2 aromatic carbocycles. The highest BCUT2D eigenvalue weighted by Crippen LogP contribution is 2.47. The van der Waals surface area contributed by atoms with Gasteiger partial charge in [-0.05, 0) is 5.56 Å². The van der Waals surface area contributed by atoms with E-state index < -0.39 is 10.8 Å². The molecule has 1 aliphatic carbocycles. The summed E-state index contributed by atoms with van der Waals surface area (Å²) in [5.74, 6) is -0.429. The SMILES string of the molecule is O=C1C2=C(Nc3[nH][nH]c(=O)c3[C@H]2c2cccc([N+](=O)[O-])c2)c2ccccc21. The van der Waals surface area contributed by atoms with Gasteiger partial charge in [0.05, 0.1) is 16.2 Å². The number of nitro benzene ring substituents is 1. The molecule has 3 N–H and O–H groups in total. The van der Waals surface area contributed by atoms with Gasteiger partial charge in [-0.3, -0.25) is 29.9 Å². The average Bonchev–Trinajstić information content (AvgIpc) is 3.19. The number of aromatic amines is 2. The number of anilines is 1. The number of H-pyrrole nitrogens is 2. The van der Waals surface area contributed by atoms with Crippen LogP contribution in [0.25, 0.3) is 5.70 Å². The van der Waals surface area contributed by atoms with Crippen LogP contribution in [0.3, 0.4) is 0 Å². The molecular formula is C19H12N4O4. The summed E-state index contributed by atoms with van der Waals surface area (Å²) >= 11 is 0. The Labute approximate surface area is 151 Å². The first kappa shape index (κ1) is 15.3. The largest absolute Gasteiger partial charge is 0.339 e. The number of allylic oxidation sites excluding steroid dienone is 1. The molecule has 5 rings (SSSR count). The summed E-state index contributed by atoms with van der Waals surface area (Å²) in [7, 11) is 0. The molecule has 0 saturated carbocycles. The van der Waals surface area contributed by atoms with E-state index in [4.69, 9.17) is 0 Å². The van der Waals surface area contributed by atoms with Crippen LogP contribution in [0.2, 0.25) is 0 Å². The van der Waals surface area contributed by atoms with Gasteiger partial charge >= 0.3 is 0 Å². The molecular weight excluding hydrogens is 348 g/mol. The fraction of sp³-hybridized carbons (Fsp3) is 0.0526. The smallest absolute Gasteiger partial charge is 0.270 e. The molecule has 0 amide bonds. The number of fused-ring (bicyclic) bond motifs is 3. The minimum atomic E-state index is -0.703. The van der Waals surface area contributed by atoms with Gasteiger partial charge in [0, 0.05) is 34.8 Å². The predicted molar refractivity (Wildman–Crippen MR) is 97.7 cm³/mol. The summed E-state index contributed by atoms with van der Waals surface area (Å²) in [6.45, 7) is 0. The van der Waals surface area contributed by atoms with Gasteiger partial charge in [-0.15, -0.1) is 0 Å². The van der Waals surface area contributed by atoms with E-state index in [-0.39, 0.29) is 17.0 Å². The van der Waals surface area contributed by atoms with E-state index in [1.807, 2.05) is 12.1 Å². The molecule has 1 aromatic heterocycles. The third-order valence-electron chi connectivity index (χ3n) is 5.01. The van der Waals surface area contributed by atoms with Crippen LogP contribution in [0.5, 0.6) is 0 Å². The number of benzene rings is 2. The third-order valence-corrected chi connectivity index (χ3v) is 5.01. The molecule has 8 nitrogen and oxygen atoms in total. The van der Waals surface area contributed by atoms with Gasteiger partial charge in [-0.1, -0.05) is 36.4 Å². The van der Waals surface area contributed by atoms with E-state index in [9.17, 15) is 19.7 Å². The molecule has 0 spiro atoms. The number of nitrogens with zero attached hydrogens (tertiary/aromatic N) is 1. The van der Waals surface area contributed by atoms with E-state index >= 15 is 0 Å². The molecule has 0 radical (unpaired) electrons. The average molecular weight is 360 g/mol. The van der Waals surface area contributed by atoms with E-state index in [1.54, 1.807) is 24.3 Å². The zero-order valence-electron chi connectivity index (χ0n) is 13.8. The van der Waals surface area contributed by atoms with Crippen molar-refractivity contribution in [2.75, 3.05) is 5.32 Å². The van der Waals surface area contributed by atoms with Crippen LogP contribution in [0.1, 0.15) is 33.0 Å². The number of nitrogens with one attached hydrogen (secondary N) is 3. The molecule has 1 aliphatic heterocycles. The Bertz CT molecular complexity index is 1230. The van der Waals surface area contributed by atoms with Crippen LogP contribution < -0.4 is 10.9 Å². The second-order valence-corrected chi connectivity index (χ2v) is 6.44. The monoisotopic (exact) mass is 360 g/mol. The lowest BCUT2D eigenvalue weighted by atomic mass is 9.82. The number of carbonyl (C=O) groups is 1. The van der Waals surface area contributed by atoms with Gasteiger partial charge in [-0.25, -0.2) is 0 Å². The number of rotatable bonds is 2.